The molecule has 0 atom stereocenters. The number of carbonyl (C=O) groups is 2. The molecule has 4 nitrogen and oxygen atoms in total. The second kappa shape index (κ2) is 50.8. The molecule has 2 amide bonds. The van der Waals surface area contributed by atoms with Gasteiger partial charge >= 0.3 is 0 Å². The SMILES string of the molecule is CCCCCCCCCCCCCCCCCc1[c]sc2c1sc1c3sc(-c4ccc(C5=C6C(=O)N(CCCCCCCCCCCCCCCC)C(c7cccs7)=C6C(=O)N5CCCCCCCCCCCCCCCC)s4)c(CCCCCCCCCCCCCCCCC)c3sc21. The summed E-state index contributed by atoms with van der Waals surface area (Å²) >= 11 is 11.6. The van der Waals surface area contributed by atoms with Crippen LogP contribution in [0.15, 0.2) is 40.8 Å². The molecule has 2 aliphatic heterocycles. The topological polar surface area (TPSA) is 40.6 Å². The van der Waals surface area contributed by atoms with Crippen LogP contribution in [0.1, 0.15) is 421 Å². The predicted molar refractivity (Wildman–Crippen MR) is 452 cm³/mol. The average molecular weight is 1480 g/mol. The molecule has 10 heteroatoms. The van der Waals surface area contributed by atoms with E-state index in [2.05, 4.69) is 90.3 Å². The van der Waals surface area contributed by atoms with Crippen molar-refractivity contribution in [3.8, 4) is 9.75 Å². The first kappa shape index (κ1) is 83.0. The van der Waals surface area contributed by atoms with Crippen molar-refractivity contribution in [1.29, 1.82) is 0 Å². The quantitative estimate of drug-likeness (QED) is 0.0357. The minimum absolute atomic E-state index is 0.0385. The van der Waals surface area contributed by atoms with E-state index in [-0.39, 0.29) is 11.8 Å². The molecule has 0 saturated carbocycles. The van der Waals surface area contributed by atoms with E-state index in [0.29, 0.717) is 24.2 Å². The van der Waals surface area contributed by atoms with Gasteiger partial charge in [-0.05, 0) is 73.2 Å². The molecule has 6 aromatic rings. The molecular weight excluding hydrogens is 1330 g/mol. The summed E-state index contributed by atoms with van der Waals surface area (Å²) in [6.07, 6.45) is 80.4. The van der Waals surface area contributed by atoms with Crippen LogP contribution in [0.25, 0.3) is 49.3 Å². The molecule has 0 saturated heterocycles. The zero-order valence-electron chi connectivity index (χ0n) is 64.4. The van der Waals surface area contributed by atoms with Gasteiger partial charge in [0.25, 0.3) is 11.8 Å². The maximum absolute atomic E-state index is 15.5. The minimum Gasteiger partial charge on any atom is -0.306 e. The predicted octanol–water partition coefficient (Wildman–Crippen LogP) is 32.6. The Bertz CT molecular complexity index is 3190. The Balaban J connectivity index is 0.962. The third kappa shape index (κ3) is 27.3. The van der Waals surface area contributed by atoms with Crippen LogP contribution in [-0.2, 0) is 22.4 Å². The van der Waals surface area contributed by atoms with Crippen molar-refractivity contribution in [1.82, 2.24) is 9.80 Å². The summed E-state index contributed by atoms with van der Waals surface area (Å²) in [5, 5.41) is 5.96. The summed E-state index contributed by atoms with van der Waals surface area (Å²) in [5.41, 5.74) is 6.08. The van der Waals surface area contributed by atoms with E-state index in [1.807, 2.05) is 38.9 Å². The first-order chi connectivity index (χ1) is 49.5. The van der Waals surface area contributed by atoms with Gasteiger partial charge in [-0.25, -0.2) is 0 Å². The summed E-state index contributed by atoms with van der Waals surface area (Å²) in [6, 6.07) is 8.91. The number of hydrogen-bond acceptors (Lipinski definition) is 8. The van der Waals surface area contributed by atoms with E-state index in [1.54, 1.807) is 16.9 Å². The zero-order valence-corrected chi connectivity index (χ0v) is 69.3. The first-order valence-electron chi connectivity index (χ1n) is 43.1. The molecule has 8 rings (SSSR count). The Morgan fingerprint density at radius 3 is 1.00 bits per heavy atom. The van der Waals surface area contributed by atoms with Gasteiger partial charge in [-0.15, -0.1) is 68.0 Å². The second-order valence-electron chi connectivity index (χ2n) is 30.9. The number of aryl methyl sites for hydroxylation is 2. The number of carbonyl (C=O) groups excluding carboxylic acids is 2. The van der Waals surface area contributed by atoms with Gasteiger partial charge in [-0.1, -0.05) is 380 Å². The van der Waals surface area contributed by atoms with Gasteiger partial charge in [-0.2, -0.15) is 0 Å². The number of thiophene rings is 6. The van der Waals surface area contributed by atoms with Crippen LogP contribution in [0.2, 0.25) is 0 Å². The van der Waals surface area contributed by atoms with Gasteiger partial charge in [0, 0.05) is 28.2 Å². The lowest BCUT2D eigenvalue weighted by atomic mass is 10.0. The van der Waals surface area contributed by atoms with Crippen LogP contribution in [0.5, 0.6) is 0 Å². The standard InChI is InChI=1S/C90H141N2O2S6/c1-5-9-13-17-21-25-29-33-37-39-43-47-51-55-59-64-73-72-96-85-82(73)98-88-86-84(100-87(85)88)74(65-60-56-52-48-44-40-38-34-30-26-22-18-14-10-6-2)83(99-86)77-68-67-76(97-77)81-79-78(89(93)92(81)70-62-58-54-50-46-42-36-32-28-24-20-16-12-8-4)80(75-66-63-71-95-75)91(90(79)94)69-61-57-53-49-45-41-35-31-27-23-19-15-11-7-3/h63,66-68,71H,5-62,64-65,69-70H2,1-4H3. The lowest BCUT2D eigenvalue weighted by Gasteiger charge is -2.24. The zero-order chi connectivity index (χ0) is 69.9. The van der Waals surface area contributed by atoms with Gasteiger partial charge in [0.15, 0.2) is 0 Å². The highest BCUT2D eigenvalue weighted by Crippen LogP contribution is 2.56. The Labute approximate surface area is 636 Å². The summed E-state index contributed by atoms with van der Waals surface area (Å²) in [6.45, 7) is 10.6. The molecule has 100 heavy (non-hydrogen) atoms. The van der Waals surface area contributed by atoms with Gasteiger partial charge in [0.05, 0.1) is 60.5 Å². The molecule has 2 aliphatic rings. The first-order valence-corrected chi connectivity index (χ1v) is 48.0. The van der Waals surface area contributed by atoms with Gasteiger partial charge in [0.1, 0.15) is 0 Å². The highest BCUT2D eigenvalue weighted by Gasteiger charge is 2.49. The largest absolute Gasteiger partial charge is 0.306 e. The van der Waals surface area contributed by atoms with Gasteiger partial charge in [0.2, 0.25) is 0 Å². The number of hydrogen-bond donors (Lipinski definition) is 0. The van der Waals surface area contributed by atoms with Gasteiger partial charge < -0.3 is 9.80 Å². The number of amides is 2. The maximum atomic E-state index is 15.5. The van der Waals surface area contributed by atoms with Crippen LogP contribution in [0.3, 0.4) is 0 Å². The van der Waals surface area contributed by atoms with Crippen molar-refractivity contribution in [3.63, 3.8) is 0 Å². The number of nitrogens with zero attached hydrogens (tertiary/aromatic N) is 2. The van der Waals surface area contributed by atoms with E-state index in [1.165, 1.54) is 390 Å². The molecular formula is C90H141N2O2S6. The Morgan fingerprint density at radius 2 is 0.620 bits per heavy atom. The number of rotatable bonds is 65. The molecule has 0 spiro atoms. The molecule has 0 N–H and O–H groups in total. The summed E-state index contributed by atoms with van der Waals surface area (Å²) in [7, 11) is 0. The lowest BCUT2D eigenvalue weighted by molar-refractivity contribution is -0.124. The molecule has 8 heterocycles. The Hall–Kier alpha value is -2.60. The monoisotopic (exact) mass is 1470 g/mol. The van der Waals surface area contributed by atoms with Crippen molar-refractivity contribution in [3.05, 3.63) is 67.1 Å². The van der Waals surface area contributed by atoms with Crippen LogP contribution < -0.4 is 0 Å². The molecule has 0 aromatic carbocycles. The molecule has 1 radical (unpaired) electrons. The van der Waals surface area contributed by atoms with Crippen LogP contribution >= 0.6 is 68.0 Å². The van der Waals surface area contributed by atoms with E-state index in [4.69, 9.17) is 0 Å². The van der Waals surface area contributed by atoms with Crippen LogP contribution in [0.4, 0.5) is 0 Å². The Kier molecular flexibility index (Phi) is 42.2. The van der Waals surface area contributed by atoms with Crippen LogP contribution in [-0.4, -0.2) is 34.7 Å². The molecule has 0 fully saturated rings. The maximum Gasteiger partial charge on any atom is 0.261 e. The van der Waals surface area contributed by atoms with E-state index in [0.717, 1.165) is 59.7 Å². The smallest absolute Gasteiger partial charge is 0.261 e. The van der Waals surface area contributed by atoms with Crippen molar-refractivity contribution in [2.24, 2.45) is 0 Å². The lowest BCUT2D eigenvalue weighted by Crippen LogP contribution is -2.30. The molecule has 559 valence electrons. The molecule has 0 aliphatic carbocycles. The fourth-order valence-electron chi connectivity index (χ4n) is 16.1. The molecule has 0 unspecified atom stereocenters. The molecule has 0 bridgehead atoms. The van der Waals surface area contributed by atoms with E-state index < -0.39 is 0 Å². The summed E-state index contributed by atoms with van der Waals surface area (Å²) < 4.78 is 8.96. The fraction of sp³-hybridized carbons (Fsp3) is 0.733. The van der Waals surface area contributed by atoms with Crippen LogP contribution in [0, 0.1) is 5.38 Å². The highest BCUT2D eigenvalue weighted by atomic mass is 32.1. The molecule has 6 aromatic heterocycles. The number of fused-ring (bicyclic) bond motifs is 6. The minimum atomic E-state index is 0.0385. The van der Waals surface area contributed by atoms with E-state index >= 15 is 9.59 Å². The van der Waals surface area contributed by atoms with Crippen molar-refractivity contribution in [2.45, 2.75) is 413 Å². The summed E-state index contributed by atoms with van der Waals surface area (Å²) in [5.74, 6) is 0.0770. The third-order valence-electron chi connectivity index (χ3n) is 22.3. The normalized spacial score (nSPS) is 13.6. The van der Waals surface area contributed by atoms with Crippen molar-refractivity contribution >= 4 is 119 Å². The summed E-state index contributed by atoms with van der Waals surface area (Å²) in [4.78, 5) is 40.0. The number of unbranched alkanes of at least 4 members (excludes halogenated alkanes) is 54. The van der Waals surface area contributed by atoms with Crippen molar-refractivity contribution in [2.75, 3.05) is 13.1 Å². The van der Waals surface area contributed by atoms with E-state index in [9.17, 15) is 0 Å². The Morgan fingerprint density at radius 1 is 0.300 bits per heavy atom. The fourth-order valence-corrected chi connectivity index (χ4v) is 23.9. The highest BCUT2D eigenvalue weighted by molar-refractivity contribution is 7.45. The van der Waals surface area contributed by atoms with Crippen molar-refractivity contribution < 1.29 is 9.59 Å². The second-order valence-corrected chi connectivity index (χ2v) is 36.8. The third-order valence-corrected chi connectivity index (χ3v) is 29.8. The van der Waals surface area contributed by atoms with Gasteiger partial charge in [-0.3, -0.25) is 9.59 Å². The average Bonchev–Trinajstić information content (AvgIpc) is 1.56.